The van der Waals surface area contributed by atoms with Crippen molar-refractivity contribution in [2.75, 3.05) is 0 Å². The van der Waals surface area contributed by atoms with Crippen LogP contribution in [0, 0.1) is 11.6 Å². The molecule has 0 saturated heterocycles. The maximum atomic E-state index is 13.2. The van der Waals surface area contributed by atoms with Gasteiger partial charge in [0.25, 0.3) is 0 Å². The molecule has 0 spiro atoms. The highest BCUT2D eigenvalue weighted by Gasteiger charge is 2.03. The number of nitrogens with zero attached hydrogens (tertiary/aromatic N) is 3. The van der Waals surface area contributed by atoms with Gasteiger partial charge in [-0.3, -0.25) is 4.68 Å². The zero-order valence-corrected chi connectivity index (χ0v) is 8.61. The third-order valence-electron chi connectivity index (χ3n) is 2.32. The van der Waals surface area contributed by atoms with Gasteiger partial charge in [0.15, 0.2) is 0 Å². The van der Waals surface area contributed by atoms with Gasteiger partial charge in [-0.2, -0.15) is 5.10 Å². The average molecular weight is 223 g/mol. The summed E-state index contributed by atoms with van der Waals surface area (Å²) in [6.45, 7) is 0.677. The summed E-state index contributed by atoms with van der Waals surface area (Å²) < 4.78 is 27.6. The molecule has 0 atom stereocenters. The molecule has 0 aliphatic rings. The Morgan fingerprint density at radius 2 is 2.12 bits per heavy atom. The first-order valence-electron chi connectivity index (χ1n) is 5.02. The lowest BCUT2D eigenvalue weighted by molar-refractivity contribution is 0.547. The third kappa shape index (κ3) is 2.62. The van der Waals surface area contributed by atoms with Crippen LogP contribution in [0.25, 0.3) is 0 Å². The lowest BCUT2D eigenvalue weighted by Crippen LogP contribution is -2.01. The molecule has 0 aliphatic carbocycles. The molecule has 3 nitrogen and oxygen atoms in total. The molecule has 84 valence electrons. The molecule has 1 aromatic heterocycles. The second-order valence-corrected chi connectivity index (χ2v) is 3.50. The number of hydrogen-bond acceptors (Lipinski definition) is 2. The molecule has 1 aromatic carbocycles. The summed E-state index contributed by atoms with van der Waals surface area (Å²) in [5, 5.41) is 3.94. The summed E-state index contributed by atoms with van der Waals surface area (Å²) in [7, 11) is 0. The van der Waals surface area contributed by atoms with Gasteiger partial charge in [0.1, 0.15) is 24.3 Å². The molecule has 0 aliphatic heterocycles. The van der Waals surface area contributed by atoms with Crippen LogP contribution in [0.15, 0.2) is 30.9 Å². The van der Waals surface area contributed by atoms with Gasteiger partial charge < -0.3 is 0 Å². The van der Waals surface area contributed by atoms with E-state index in [2.05, 4.69) is 10.1 Å². The van der Waals surface area contributed by atoms with Crippen molar-refractivity contribution in [1.82, 2.24) is 14.8 Å². The second kappa shape index (κ2) is 4.83. The molecule has 0 bridgehead atoms. The van der Waals surface area contributed by atoms with Crippen molar-refractivity contribution in [2.24, 2.45) is 0 Å². The van der Waals surface area contributed by atoms with Crippen LogP contribution in [0.3, 0.4) is 0 Å². The van der Waals surface area contributed by atoms with Gasteiger partial charge in [0.2, 0.25) is 0 Å². The normalized spacial score (nSPS) is 10.6. The van der Waals surface area contributed by atoms with Gasteiger partial charge in [-0.25, -0.2) is 13.8 Å². The summed E-state index contributed by atoms with van der Waals surface area (Å²) in [5.74, 6) is -1.03. The lowest BCUT2D eigenvalue weighted by atomic mass is 10.1. The minimum absolute atomic E-state index is 0.487. The molecule has 0 N–H and O–H groups in total. The lowest BCUT2D eigenvalue weighted by Gasteiger charge is -2.03. The number of hydrogen-bond donors (Lipinski definition) is 0. The second-order valence-electron chi connectivity index (χ2n) is 3.50. The quantitative estimate of drug-likeness (QED) is 0.795. The number of rotatable bonds is 4. The van der Waals surface area contributed by atoms with E-state index in [9.17, 15) is 8.78 Å². The highest BCUT2D eigenvalue weighted by Crippen LogP contribution is 2.11. The van der Waals surface area contributed by atoms with Crippen molar-refractivity contribution in [3.05, 3.63) is 48.1 Å². The first kappa shape index (κ1) is 10.7. The van der Waals surface area contributed by atoms with Gasteiger partial charge in [0.05, 0.1) is 0 Å². The van der Waals surface area contributed by atoms with E-state index in [4.69, 9.17) is 0 Å². The van der Waals surface area contributed by atoms with Crippen LogP contribution < -0.4 is 0 Å². The molecule has 5 heteroatoms. The van der Waals surface area contributed by atoms with Crippen molar-refractivity contribution in [3.8, 4) is 0 Å². The van der Waals surface area contributed by atoms with Crippen LogP contribution in [0.2, 0.25) is 0 Å². The fourth-order valence-corrected chi connectivity index (χ4v) is 1.50. The Morgan fingerprint density at radius 3 is 2.81 bits per heavy atom. The van der Waals surface area contributed by atoms with Crippen molar-refractivity contribution in [3.63, 3.8) is 0 Å². The van der Waals surface area contributed by atoms with Gasteiger partial charge in [0, 0.05) is 12.6 Å². The molecule has 0 fully saturated rings. The van der Waals surface area contributed by atoms with Crippen molar-refractivity contribution >= 4 is 0 Å². The van der Waals surface area contributed by atoms with E-state index in [0.717, 1.165) is 12.5 Å². The summed E-state index contributed by atoms with van der Waals surface area (Å²) >= 11 is 0. The Kier molecular flexibility index (Phi) is 3.24. The first-order chi connectivity index (χ1) is 7.75. The number of aryl methyl sites for hydroxylation is 2. The SMILES string of the molecule is Fc1ccc(CCCn2cncn2)c(F)c1. The van der Waals surface area contributed by atoms with E-state index in [1.807, 2.05) is 0 Å². The van der Waals surface area contributed by atoms with Crippen LogP contribution in [-0.4, -0.2) is 14.8 Å². The van der Waals surface area contributed by atoms with Crippen LogP contribution in [0.4, 0.5) is 8.78 Å². The van der Waals surface area contributed by atoms with Gasteiger partial charge in [-0.1, -0.05) is 6.07 Å². The Balaban J connectivity index is 1.90. The molecule has 0 radical (unpaired) electrons. The van der Waals surface area contributed by atoms with Gasteiger partial charge in [-0.15, -0.1) is 0 Å². The molecule has 0 unspecified atom stereocenters. The molecule has 2 aromatic rings. The van der Waals surface area contributed by atoms with E-state index < -0.39 is 11.6 Å². The Hall–Kier alpha value is -1.78. The van der Waals surface area contributed by atoms with Gasteiger partial charge in [-0.05, 0) is 24.5 Å². The van der Waals surface area contributed by atoms with Crippen LogP contribution >= 0.6 is 0 Å². The van der Waals surface area contributed by atoms with E-state index in [1.54, 1.807) is 11.0 Å². The zero-order chi connectivity index (χ0) is 11.4. The zero-order valence-electron chi connectivity index (χ0n) is 8.61. The first-order valence-corrected chi connectivity index (χ1v) is 5.02. The molecule has 0 saturated carbocycles. The summed E-state index contributed by atoms with van der Waals surface area (Å²) in [6.07, 6.45) is 4.37. The van der Waals surface area contributed by atoms with Crippen LogP contribution in [0.5, 0.6) is 0 Å². The highest BCUT2D eigenvalue weighted by molar-refractivity contribution is 5.18. The Bertz CT molecular complexity index is 454. The Labute approximate surface area is 91.7 Å². The van der Waals surface area contributed by atoms with Crippen molar-refractivity contribution in [1.29, 1.82) is 0 Å². The largest absolute Gasteiger partial charge is 0.253 e. The molecular formula is C11H11F2N3. The van der Waals surface area contributed by atoms with E-state index in [1.165, 1.54) is 18.5 Å². The summed E-state index contributed by atoms with van der Waals surface area (Å²) in [5.41, 5.74) is 0.529. The minimum Gasteiger partial charge on any atom is -0.253 e. The third-order valence-corrected chi connectivity index (χ3v) is 2.32. The standard InChI is InChI=1S/C11H11F2N3/c12-10-4-3-9(11(13)6-10)2-1-5-16-8-14-7-15-16/h3-4,6-8H,1-2,5H2. The molecule has 2 rings (SSSR count). The smallest absolute Gasteiger partial charge is 0.137 e. The van der Waals surface area contributed by atoms with E-state index in [-0.39, 0.29) is 0 Å². The van der Waals surface area contributed by atoms with Crippen LogP contribution in [-0.2, 0) is 13.0 Å². The predicted octanol–water partition coefficient (Wildman–Crippen LogP) is 2.19. The predicted molar refractivity (Wildman–Crippen MR) is 54.7 cm³/mol. The topological polar surface area (TPSA) is 30.7 Å². The summed E-state index contributed by atoms with van der Waals surface area (Å²) in [4.78, 5) is 3.81. The monoisotopic (exact) mass is 223 g/mol. The fourth-order valence-electron chi connectivity index (χ4n) is 1.50. The average Bonchev–Trinajstić information content (AvgIpc) is 2.74. The molecular weight excluding hydrogens is 212 g/mol. The van der Waals surface area contributed by atoms with Gasteiger partial charge >= 0.3 is 0 Å². The van der Waals surface area contributed by atoms with Crippen molar-refractivity contribution < 1.29 is 8.78 Å². The number of benzene rings is 1. The highest BCUT2D eigenvalue weighted by atomic mass is 19.1. The fraction of sp³-hybridized carbons (Fsp3) is 0.273. The number of halogens is 2. The molecule has 1 heterocycles. The van der Waals surface area contributed by atoms with Crippen molar-refractivity contribution in [2.45, 2.75) is 19.4 Å². The molecule has 16 heavy (non-hydrogen) atoms. The van der Waals surface area contributed by atoms with E-state index >= 15 is 0 Å². The van der Waals surface area contributed by atoms with Crippen LogP contribution in [0.1, 0.15) is 12.0 Å². The van der Waals surface area contributed by atoms with E-state index in [0.29, 0.717) is 18.5 Å². The number of aromatic nitrogens is 3. The summed E-state index contributed by atoms with van der Waals surface area (Å²) in [6, 6.07) is 3.66. The maximum Gasteiger partial charge on any atom is 0.137 e. The maximum absolute atomic E-state index is 13.2. The Morgan fingerprint density at radius 1 is 1.25 bits per heavy atom. The molecule has 0 amide bonds. The minimum atomic E-state index is -0.544.